The molecule has 0 aliphatic heterocycles. The summed E-state index contributed by atoms with van der Waals surface area (Å²) in [6.45, 7) is 16.1. The molecule has 0 heterocycles. The van der Waals surface area contributed by atoms with Crippen molar-refractivity contribution in [3.05, 3.63) is 69.9 Å². The van der Waals surface area contributed by atoms with E-state index in [1.165, 1.54) is 0 Å². The fraction of sp³-hybridized carbons (Fsp3) is 0.467. The first-order valence-corrected chi connectivity index (χ1v) is 13.2. The second kappa shape index (κ2) is 20.2. The Morgan fingerprint density at radius 3 is 1.00 bits per heavy atom. The number of carboxylic acids is 2. The maximum absolute atomic E-state index is 10.9. The summed E-state index contributed by atoms with van der Waals surface area (Å²) < 4.78 is 10.2. The molecule has 234 valence electrons. The smallest absolute Gasteiger partial charge is 0.330 e. The van der Waals surface area contributed by atoms with Gasteiger partial charge in [-0.05, 0) is 113 Å². The average Bonchev–Trinajstić information content (AvgIpc) is 2.97. The van der Waals surface area contributed by atoms with Crippen LogP contribution in [0.5, 0.6) is 0 Å². The molecule has 0 saturated carbocycles. The second-order valence-electron chi connectivity index (χ2n) is 9.79. The maximum atomic E-state index is 10.9. The van der Waals surface area contributed by atoms with E-state index < -0.39 is 24.0 Å². The van der Waals surface area contributed by atoms with E-state index in [-0.39, 0.29) is 0 Å². The van der Waals surface area contributed by atoms with E-state index in [9.17, 15) is 9.59 Å². The van der Waals surface area contributed by atoms with E-state index in [0.717, 1.165) is 66.6 Å². The molecular formula is C30H50B2N2O8. The van der Waals surface area contributed by atoms with Crippen LogP contribution >= 0.6 is 0 Å². The van der Waals surface area contributed by atoms with E-state index >= 15 is 0 Å². The molecule has 2 aromatic carbocycles. The molecule has 0 aliphatic carbocycles. The highest BCUT2D eigenvalue weighted by molar-refractivity contribution is 6.49. The number of aliphatic carboxylic acids is 2. The molecule has 10 nitrogen and oxygen atoms in total. The highest BCUT2D eigenvalue weighted by atomic mass is 16.4. The molecule has 12 heteroatoms. The van der Waals surface area contributed by atoms with Crippen LogP contribution in [0.15, 0.2) is 0 Å². The molecule has 2 aromatic rings. The Bertz CT molecular complexity index is 1040. The van der Waals surface area contributed by atoms with Crippen LogP contribution in [-0.4, -0.2) is 73.6 Å². The van der Waals surface area contributed by atoms with Gasteiger partial charge in [0, 0.05) is 14.2 Å². The van der Waals surface area contributed by atoms with Crippen LogP contribution in [0, 0.1) is 69.6 Å². The first kappa shape index (κ1) is 41.4. The van der Waals surface area contributed by atoms with Gasteiger partial charge in [0.05, 0.1) is 0 Å². The van der Waals surface area contributed by atoms with Gasteiger partial charge < -0.3 is 41.2 Å². The number of hydrogen-bond donors (Lipinski definition) is 4. The van der Waals surface area contributed by atoms with Crippen molar-refractivity contribution in [2.24, 2.45) is 11.5 Å². The fourth-order valence-corrected chi connectivity index (χ4v) is 4.65. The van der Waals surface area contributed by atoms with E-state index in [4.69, 9.17) is 41.2 Å². The Labute approximate surface area is 253 Å². The predicted octanol–water partition coefficient (Wildman–Crippen LogP) is 0.536. The second-order valence-corrected chi connectivity index (χ2v) is 9.79. The summed E-state index contributed by atoms with van der Waals surface area (Å²) in [7, 11) is 11.7. The summed E-state index contributed by atoms with van der Waals surface area (Å²) >= 11 is 0. The molecule has 0 unspecified atom stereocenters. The molecule has 2 atom stereocenters. The van der Waals surface area contributed by atoms with Gasteiger partial charge >= 0.3 is 26.9 Å². The van der Waals surface area contributed by atoms with Gasteiger partial charge in [-0.2, -0.15) is 0 Å². The first-order chi connectivity index (χ1) is 19.6. The summed E-state index contributed by atoms with van der Waals surface area (Å²) in [5, 5.41) is 28.9. The zero-order valence-electron chi connectivity index (χ0n) is 26.8. The number of rotatable bonds is 10. The van der Waals surface area contributed by atoms with Crippen molar-refractivity contribution in [1.29, 1.82) is 0 Å². The van der Waals surface area contributed by atoms with E-state index in [1.54, 1.807) is 29.2 Å². The molecule has 10 N–H and O–H groups in total. The number of carbonyl (C=O) groups is 2. The Morgan fingerprint density at radius 1 is 0.619 bits per heavy atom. The van der Waals surface area contributed by atoms with E-state index in [2.05, 4.69) is 14.2 Å². The molecule has 2 rings (SSSR count). The van der Waals surface area contributed by atoms with Gasteiger partial charge in [0.2, 0.25) is 0 Å². The topological polar surface area (TPSA) is 191 Å². The summed E-state index contributed by atoms with van der Waals surface area (Å²) in [5.41, 5.74) is 24.3. The van der Waals surface area contributed by atoms with Crippen molar-refractivity contribution in [2.75, 3.05) is 14.2 Å². The zero-order valence-corrected chi connectivity index (χ0v) is 26.8. The van der Waals surface area contributed by atoms with Crippen LogP contribution in [0.2, 0.25) is 0 Å². The summed E-state index contributed by atoms with van der Waals surface area (Å²) in [5.74, 6) is -1.94. The highest BCUT2D eigenvalue weighted by Crippen LogP contribution is 2.22. The van der Waals surface area contributed by atoms with Gasteiger partial charge in [-0.25, -0.2) is 0 Å². The van der Waals surface area contributed by atoms with Crippen molar-refractivity contribution < 1.29 is 39.3 Å². The number of carboxylic acid groups (broad SMARTS) is 2. The minimum absolute atomic E-state index is 0.349. The van der Waals surface area contributed by atoms with Crippen LogP contribution in [-0.2, 0) is 31.7 Å². The van der Waals surface area contributed by atoms with Gasteiger partial charge in [-0.1, -0.05) is 36.5 Å². The minimum atomic E-state index is -0.971. The Balaban J connectivity index is 0. The Morgan fingerprint density at radius 2 is 0.833 bits per heavy atom. The standard InChI is InChI=1S/2C14H21BNO3.2CH4O/c2*1-7-9(3)13(15-19-5)10(4)8(2)11(7)6-12(16)14(17)18;2*1-2/h2*12H,6,16H2,1-5H3,(H,17,18);2*1-2H2/t2*12-;;/m10../s1. The first-order valence-electron chi connectivity index (χ1n) is 13.2. The average molecular weight is 588 g/mol. The zero-order chi connectivity index (χ0) is 33.5. The largest absolute Gasteiger partial charge is 0.593 e. The number of benzene rings is 2. The van der Waals surface area contributed by atoms with Crippen molar-refractivity contribution >= 4 is 37.8 Å². The van der Waals surface area contributed by atoms with Crippen LogP contribution in [0.4, 0.5) is 0 Å². The Hall–Kier alpha value is -2.73. The van der Waals surface area contributed by atoms with E-state index in [1.807, 2.05) is 55.4 Å². The SMILES string of the molecule is CO[B]c1c(C)c(C)c(C[C@@H](N)C(=O)O)c(C)c1C.CO[B]c1c(C)c(C)c(C[C@H](N)C(=O)O)c(C)c1C.[CH2-][OH2+].[CH2-][OH2+]. The van der Waals surface area contributed by atoms with Crippen LogP contribution in [0.1, 0.15) is 55.6 Å². The van der Waals surface area contributed by atoms with Crippen molar-refractivity contribution in [3.8, 4) is 0 Å². The third kappa shape index (κ3) is 10.8. The lowest BCUT2D eigenvalue weighted by atomic mass is 9.75. The number of nitrogens with two attached hydrogens (primary N) is 2. The third-order valence-electron chi connectivity index (χ3n) is 7.63. The van der Waals surface area contributed by atoms with Gasteiger partial charge in [-0.15, -0.1) is 0 Å². The van der Waals surface area contributed by atoms with Crippen LogP contribution < -0.4 is 22.4 Å². The molecule has 0 aromatic heterocycles. The van der Waals surface area contributed by atoms with Gasteiger partial charge in [0.25, 0.3) is 0 Å². The van der Waals surface area contributed by atoms with Gasteiger partial charge in [0.15, 0.2) is 0 Å². The monoisotopic (exact) mass is 588 g/mol. The van der Waals surface area contributed by atoms with Crippen LogP contribution in [0.3, 0.4) is 0 Å². The highest BCUT2D eigenvalue weighted by Gasteiger charge is 2.21. The van der Waals surface area contributed by atoms with Gasteiger partial charge in [-0.3, -0.25) is 9.59 Å². The van der Waals surface area contributed by atoms with Crippen molar-refractivity contribution in [1.82, 2.24) is 0 Å². The molecule has 0 aliphatic rings. The molecule has 2 radical (unpaired) electrons. The lowest BCUT2D eigenvalue weighted by Crippen LogP contribution is -2.34. The lowest BCUT2D eigenvalue weighted by Gasteiger charge is -2.21. The lowest BCUT2D eigenvalue weighted by molar-refractivity contribution is -0.139. The Kier molecular flexibility index (Phi) is 19.9. The molecule has 0 amide bonds. The molecule has 0 fully saturated rings. The molecule has 0 saturated heterocycles. The minimum Gasteiger partial charge on any atom is -0.593 e. The van der Waals surface area contributed by atoms with E-state index in [0.29, 0.717) is 12.8 Å². The number of hydrogen-bond acceptors (Lipinski definition) is 6. The quantitative estimate of drug-likeness (QED) is 0.176. The van der Waals surface area contributed by atoms with Crippen molar-refractivity contribution in [2.45, 2.75) is 80.3 Å². The maximum Gasteiger partial charge on any atom is 0.330 e. The molecule has 42 heavy (non-hydrogen) atoms. The summed E-state index contributed by atoms with van der Waals surface area (Å²) in [6, 6.07) is -1.73. The van der Waals surface area contributed by atoms with Crippen molar-refractivity contribution in [3.63, 3.8) is 0 Å². The van der Waals surface area contributed by atoms with Gasteiger partial charge in [0.1, 0.15) is 12.1 Å². The van der Waals surface area contributed by atoms with Crippen LogP contribution in [0.25, 0.3) is 0 Å². The molecular weight excluding hydrogens is 538 g/mol. The summed E-state index contributed by atoms with van der Waals surface area (Å²) in [6.07, 6.45) is 0.698. The predicted molar refractivity (Wildman–Crippen MR) is 172 cm³/mol. The normalized spacial score (nSPS) is 11.4. The molecule has 0 spiro atoms. The summed E-state index contributed by atoms with van der Waals surface area (Å²) in [4.78, 5) is 21.8. The fourth-order valence-electron chi connectivity index (χ4n) is 4.65. The molecule has 0 bridgehead atoms. The third-order valence-corrected chi connectivity index (χ3v) is 7.63.